The maximum atomic E-state index is 13.6. The van der Waals surface area contributed by atoms with E-state index in [0.29, 0.717) is 12.5 Å². The molecule has 3 aliphatic rings. The van der Waals surface area contributed by atoms with Crippen molar-refractivity contribution in [1.82, 2.24) is 9.80 Å². The molecule has 1 saturated carbocycles. The van der Waals surface area contributed by atoms with Crippen LogP contribution in [0, 0.1) is 11.8 Å². The number of piperidine rings is 1. The molecule has 1 aromatic carbocycles. The van der Waals surface area contributed by atoms with Gasteiger partial charge in [0.05, 0.1) is 18.4 Å². The summed E-state index contributed by atoms with van der Waals surface area (Å²) in [6.07, 6.45) is 4.97. The predicted octanol–water partition coefficient (Wildman–Crippen LogP) is 2.44. The van der Waals surface area contributed by atoms with Gasteiger partial charge >= 0.3 is 0 Å². The first-order valence-electron chi connectivity index (χ1n) is 9.74. The summed E-state index contributed by atoms with van der Waals surface area (Å²) in [7, 11) is 3.53. The summed E-state index contributed by atoms with van der Waals surface area (Å²) >= 11 is 0. The van der Waals surface area contributed by atoms with Crippen molar-refractivity contribution < 1.29 is 14.3 Å². The van der Waals surface area contributed by atoms with E-state index in [1.165, 1.54) is 0 Å². The minimum Gasteiger partial charge on any atom is -0.497 e. The highest BCUT2D eigenvalue weighted by molar-refractivity contribution is 5.90. The number of fused-ring (bicyclic) bond motifs is 1. The zero-order valence-corrected chi connectivity index (χ0v) is 15.7. The highest BCUT2D eigenvalue weighted by Gasteiger charge is 2.50. The molecule has 26 heavy (non-hydrogen) atoms. The molecule has 0 N–H and O–H groups in total. The summed E-state index contributed by atoms with van der Waals surface area (Å²) in [6, 6.07) is 7.99. The van der Waals surface area contributed by atoms with Crippen molar-refractivity contribution in [2.75, 3.05) is 33.8 Å². The van der Waals surface area contributed by atoms with Crippen LogP contribution < -0.4 is 4.74 Å². The van der Waals surface area contributed by atoms with Crippen molar-refractivity contribution >= 4 is 11.8 Å². The van der Waals surface area contributed by atoms with Gasteiger partial charge in [-0.3, -0.25) is 9.59 Å². The Kier molecular flexibility index (Phi) is 4.41. The van der Waals surface area contributed by atoms with Crippen LogP contribution in [0.15, 0.2) is 24.3 Å². The van der Waals surface area contributed by atoms with Gasteiger partial charge in [-0.25, -0.2) is 0 Å². The van der Waals surface area contributed by atoms with Crippen LogP contribution in [-0.2, 0) is 15.0 Å². The number of carbonyl (C=O) groups excluding carboxylic acids is 2. The van der Waals surface area contributed by atoms with Crippen LogP contribution in [0.5, 0.6) is 5.75 Å². The predicted molar refractivity (Wildman–Crippen MR) is 99.0 cm³/mol. The van der Waals surface area contributed by atoms with Gasteiger partial charge in [0.1, 0.15) is 5.75 Å². The molecule has 2 saturated heterocycles. The molecule has 2 aliphatic heterocycles. The summed E-state index contributed by atoms with van der Waals surface area (Å²) in [6.45, 7) is 2.14. The Morgan fingerprint density at radius 1 is 1.15 bits per heavy atom. The molecule has 2 atom stereocenters. The molecule has 5 nitrogen and oxygen atoms in total. The molecule has 3 fully saturated rings. The number of methoxy groups -OCH3 is 1. The lowest BCUT2D eigenvalue weighted by Crippen LogP contribution is -2.45. The van der Waals surface area contributed by atoms with Crippen LogP contribution >= 0.6 is 0 Å². The second kappa shape index (κ2) is 6.60. The molecule has 0 radical (unpaired) electrons. The van der Waals surface area contributed by atoms with Crippen LogP contribution in [0.3, 0.4) is 0 Å². The fraction of sp³-hybridized carbons (Fsp3) is 0.619. The maximum Gasteiger partial charge on any atom is 0.233 e. The van der Waals surface area contributed by atoms with Gasteiger partial charge in [0.2, 0.25) is 11.8 Å². The van der Waals surface area contributed by atoms with Gasteiger partial charge < -0.3 is 14.5 Å². The van der Waals surface area contributed by atoms with E-state index in [1.807, 2.05) is 41.1 Å². The Balaban J connectivity index is 1.59. The third-order valence-electron chi connectivity index (χ3n) is 6.77. The number of rotatable bonds is 3. The quantitative estimate of drug-likeness (QED) is 0.836. The normalized spacial score (nSPS) is 27.5. The molecule has 1 aromatic rings. The second-order valence-corrected chi connectivity index (χ2v) is 8.14. The number of ether oxygens (including phenoxy) is 1. The highest BCUT2D eigenvalue weighted by atomic mass is 16.5. The molecule has 0 unspecified atom stereocenters. The number of amides is 2. The number of benzene rings is 1. The average molecular weight is 356 g/mol. The van der Waals surface area contributed by atoms with E-state index in [1.54, 1.807) is 7.11 Å². The Labute approximate surface area is 155 Å². The maximum absolute atomic E-state index is 13.6. The summed E-state index contributed by atoms with van der Waals surface area (Å²) in [5, 5.41) is 0. The Morgan fingerprint density at radius 2 is 1.85 bits per heavy atom. The fourth-order valence-corrected chi connectivity index (χ4v) is 5.18. The fourth-order valence-electron chi connectivity index (χ4n) is 5.18. The van der Waals surface area contributed by atoms with E-state index in [9.17, 15) is 9.59 Å². The third kappa shape index (κ3) is 2.68. The first kappa shape index (κ1) is 17.4. The van der Waals surface area contributed by atoms with Gasteiger partial charge in [0.25, 0.3) is 0 Å². The van der Waals surface area contributed by atoms with Gasteiger partial charge in [0.15, 0.2) is 0 Å². The van der Waals surface area contributed by atoms with E-state index in [0.717, 1.165) is 56.5 Å². The Hall–Kier alpha value is -2.04. The number of carbonyl (C=O) groups is 2. The summed E-state index contributed by atoms with van der Waals surface area (Å²) in [5.41, 5.74) is 0.674. The number of hydrogen-bond donors (Lipinski definition) is 0. The van der Waals surface area contributed by atoms with Crippen LogP contribution in [-0.4, -0.2) is 55.4 Å². The lowest BCUT2D eigenvalue weighted by molar-refractivity contribution is -0.138. The van der Waals surface area contributed by atoms with Gasteiger partial charge in [-0.15, -0.1) is 0 Å². The standard InChI is InChI=1S/C21H28N2O3/c1-22-12-9-15-13-23(14-18(15)19(22)24)20(25)21(10-3-4-11-21)16-5-7-17(26-2)8-6-16/h5-8,15,18H,3-4,9-14H2,1-2H3/t15-,18+/m1/s1. The van der Waals surface area contributed by atoms with E-state index in [4.69, 9.17) is 4.74 Å². The summed E-state index contributed by atoms with van der Waals surface area (Å²) in [4.78, 5) is 29.9. The van der Waals surface area contributed by atoms with Gasteiger partial charge in [-0.05, 0) is 42.9 Å². The minimum absolute atomic E-state index is 0.00739. The third-order valence-corrected chi connectivity index (χ3v) is 6.77. The molecule has 140 valence electrons. The minimum atomic E-state index is -0.422. The topological polar surface area (TPSA) is 49.9 Å². The monoisotopic (exact) mass is 356 g/mol. The van der Waals surface area contributed by atoms with E-state index in [-0.39, 0.29) is 17.7 Å². The molecule has 0 aromatic heterocycles. The lowest BCUT2D eigenvalue weighted by atomic mass is 9.77. The van der Waals surface area contributed by atoms with Crippen LogP contribution in [0.4, 0.5) is 0 Å². The Bertz CT molecular complexity index is 694. The molecule has 0 spiro atoms. The highest BCUT2D eigenvalue weighted by Crippen LogP contribution is 2.44. The van der Waals surface area contributed by atoms with Gasteiger partial charge in [-0.1, -0.05) is 25.0 Å². The average Bonchev–Trinajstić information content (AvgIpc) is 3.32. The second-order valence-electron chi connectivity index (χ2n) is 8.14. The summed E-state index contributed by atoms with van der Waals surface area (Å²) in [5.74, 6) is 1.57. The van der Waals surface area contributed by atoms with Crippen molar-refractivity contribution in [2.24, 2.45) is 11.8 Å². The SMILES string of the molecule is COc1ccc(C2(C(=O)N3C[C@H]4CCN(C)C(=O)[C@H]4C3)CCCC2)cc1. The van der Waals surface area contributed by atoms with Crippen molar-refractivity contribution in [1.29, 1.82) is 0 Å². The summed E-state index contributed by atoms with van der Waals surface area (Å²) < 4.78 is 5.27. The molecule has 2 heterocycles. The van der Waals surface area contributed by atoms with Crippen LogP contribution in [0.2, 0.25) is 0 Å². The first-order chi connectivity index (χ1) is 12.5. The van der Waals surface area contributed by atoms with Crippen LogP contribution in [0.1, 0.15) is 37.7 Å². The number of nitrogens with zero attached hydrogens (tertiary/aromatic N) is 2. The molecular weight excluding hydrogens is 328 g/mol. The van der Waals surface area contributed by atoms with E-state index < -0.39 is 5.41 Å². The van der Waals surface area contributed by atoms with E-state index >= 15 is 0 Å². The molecule has 0 bridgehead atoms. The van der Waals surface area contributed by atoms with Gasteiger partial charge in [-0.2, -0.15) is 0 Å². The molecule has 1 aliphatic carbocycles. The zero-order chi connectivity index (χ0) is 18.3. The largest absolute Gasteiger partial charge is 0.497 e. The van der Waals surface area contributed by atoms with Crippen molar-refractivity contribution in [2.45, 2.75) is 37.5 Å². The van der Waals surface area contributed by atoms with E-state index in [2.05, 4.69) is 0 Å². The molecular formula is C21H28N2O3. The van der Waals surface area contributed by atoms with Crippen molar-refractivity contribution in [3.05, 3.63) is 29.8 Å². The smallest absolute Gasteiger partial charge is 0.233 e. The van der Waals surface area contributed by atoms with Crippen molar-refractivity contribution in [3.8, 4) is 5.75 Å². The number of likely N-dealkylation sites (tertiary alicyclic amines) is 2. The van der Waals surface area contributed by atoms with Crippen LogP contribution in [0.25, 0.3) is 0 Å². The lowest BCUT2D eigenvalue weighted by Gasteiger charge is -2.33. The first-order valence-corrected chi connectivity index (χ1v) is 9.74. The Morgan fingerprint density at radius 3 is 2.50 bits per heavy atom. The number of hydrogen-bond acceptors (Lipinski definition) is 3. The van der Waals surface area contributed by atoms with Gasteiger partial charge in [0, 0.05) is 26.7 Å². The molecule has 4 rings (SSSR count). The molecule has 5 heteroatoms. The zero-order valence-electron chi connectivity index (χ0n) is 15.7. The van der Waals surface area contributed by atoms with Crippen molar-refractivity contribution in [3.63, 3.8) is 0 Å². The molecule has 2 amide bonds.